The Balaban J connectivity index is 0.00000289. The van der Waals surface area contributed by atoms with Crippen LogP contribution in [0.2, 0.25) is 0 Å². The molecule has 1 aromatic carbocycles. The summed E-state index contributed by atoms with van der Waals surface area (Å²) in [5.41, 5.74) is -1.16. The quantitative estimate of drug-likeness (QED) is 0.217. The van der Waals surface area contributed by atoms with Crippen molar-refractivity contribution in [2.75, 3.05) is 7.11 Å². The molecule has 0 radical (unpaired) electrons. The van der Waals surface area contributed by atoms with Gasteiger partial charge in [-0.05, 0) is 12.1 Å². The first-order chi connectivity index (χ1) is 7.77. The van der Waals surface area contributed by atoms with E-state index in [1.54, 1.807) is 0 Å². The Morgan fingerprint density at radius 2 is 2.00 bits per heavy atom. The maximum Gasteiger partial charge on any atom is 1.00 e. The van der Waals surface area contributed by atoms with E-state index in [-0.39, 0.29) is 51.4 Å². The van der Waals surface area contributed by atoms with Gasteiger partial charge >= 0.3 is 57.4 Å². The minimum absolute atomic E-state index is 0. The summed E-state index contributed by atoms with van der Waals surface area (Å²) in [6.45, 7) is 0. The minimum Gasteiger partial charge on any atom is -0.465 e. The number of nitro groups is 1. The fourth-order valence-electron chi connectivity index (χ4n) is 1.11. The van der Waals surface area contributed by atoms with Gasteiger partial charge in [0.2, 0.25) is 0 Å². The van der Waals surface area contributed by atoms with E-state index in [2.05, 4.69) is 4.74 Å². The molecule has 0 saturated heterocycles. The van der Waals surface area contributed by atoms with E-state index in [9.17, 15) is 23.3 Å². The first-order valence-corrected chi connectivity index (χ1v) is 5.55. The van der Waals surface area contributed by atoms with E-state index in [1.165, 1.54) is 0 Å². The van der Waals surface area contributed by atoms with Crippen molar-refractivity contribution >= 4 is 21.8 Å². The molecule has 0 amide bonds. The third-order valence-corrected chi connectivity index (χ3v) is 2.72. The van der Waals surface area contributed by atoms with Gasteiger partial charge in [0.25, 0.3) is 15.8 Å². The molecule has 1 aromatic rings. The van der Waals surface area contributed by atoms with Crippen molar-refractivity contribution in [2.45, 2.75) is 4.90 Å². The Kier molecular flexibility index (Phi) is 6.57. The van der Waals surface area contributed by atoms with Gasteiger partial charge in [-0.1, -0.05) is 0 Å². The SMILES string of the molecule is COC(=O)c1ccc(S(=O)(=O)O)cc1[N+](=O)[O-].[K+]. The summed E-state index contributed by atoms with van der Waals surface area (Å²) in [5.74, 6) is -0.974. The smallest absolute Gasteiger partial charge is 0.465 e. The van der Waals surface area contributed by atoms with E-state index in [1.807, 2.05) is 0 Å². The molecule has 1 N–H and O–H groups in total. The fraction of sp³-hybridized carbons (Fsp3) is 0.125. The number of esters is 1. The number of hydrogen-bond donors (Lipinski definition) is 1. The van der Waals surface area contributed by atoms with Crippen LogP contribution in [0.4, 0.5) is 5.69 Å². The molecule has 0 spiro atoms. The van der Waals surface area contributed by atoms with Crippen LogP contribution >= 0.6 is 0 Å². The second kappa shape index (κ2) is 6.70. The fourth-order valence-corrected chi connectivity index (χ4v) is 1.61. The third-order valence-electron chi connectivity index (χ3n) is 1.87. The molecule has 0 aromatic heterocycles. The van der Waals surface area contributed by atoms with Crippen molar-refractivity contribution in [3.8, 4) is 0 Å². The minimum atomic E-state index is -4.56. The second-order valence-corrected chi connectivity index (χ2v) is 4.32. The molecule has 0 fully saturated rings. The number of rotatable bonds is 3. The number of benzene rings is 1. The van der Waals surface area contributed by atoms with Crippen LogP contribution in [0.1, 0.15) is 10.4 Å². The van der Waals surface area contributed by atoms with E-state index in [0.717, 1.165) is 19.2 Å². The van der Waals surface area contributed by atoms with Crippen molar-refractivity contribution in [2.24, 2.45) is 0 Å². The van der Waals surface area contributed by atoms with E-state index < -0.39 is 37.2 Å². The summed E-state index contributed by atoms with van der Waals surface area (Å²) < 4.78 is 34.6. The van der Waals surface area contributed by atoms with Crippen molar-refractivity contribution in [1.82, 2.24) is 0 Å². The molecule has 0 atom stereocenters. The Bertz CT molecular complexity index is 583. The zero-order valence-electron chi connectivity index (χ0n) is 9.48. The second-order valence-electron chi connectivity index (χ2n) is 2.90. The van der Waals surface area contributed by atoms with Crippen molar-refractivity contribution in [3.05, 3.63) is 33.9 Å². The standard InChI is InChI=1S/C8H7NO7S.K/c1-16-8(10)6-3-2-5(17(13,14)15)4-7(6)9(11)12;/h2-4H,1H3,(H,13,14,15);/q;+1. The van der Waals surface area contributed by atoms with Gasteiger partial charge < -0.3 is 4.74 Å². The van der Waals surface area contributed by atoms with Crippen LogP contribution < -0.4 is 51.4 Å². The zero-order chi connectivity index (χ0) is 13.2. The summed E-state index contributed by atoms with van der Waals surface area (Å²) in [7, 11) is -3.53. The zero-order valence-corrected chi connectivity index (χ0v) is 13.4. The van der Waals surface area contributed by atoms with Crippen LogP contribution in [0.15, 0.2) is 23.1 Å². The average molecular weight is 300 g/mol. The van der Waals surface area contributed by atoms with Crippen LogP contribution in [-0.2, 0) is 14.9 Å². The van der Waals surface area contributed by atoms with Gasteiger partial charge in [-0.3, -0.25) is 14.7 Å². The van der Waals surface area contributed by atoms with E-state index >= 15 is 0 Å². The summed E-state index contributed by atoms with van der Waals surface area (Å²) in [6.07, 6.45) is 0. The Labute approximate surface area is 145 Å². The van der Waals surface area contributed by atoms with Crippen LogP contribution in [0.25, 0.3) is 0 Å². The van der Waals surface area contributed by atoms with Gasteiger partial charge in [0.05, 0.1) is 12.0 Å². The largest absolute Gasteiger partial charge is 1.00 e. The molecule has 10 heteroatoms. The first-order valence-electron chi connectivity index (χ1n) is 4.11. The number of carbonyl (C=O) groups is 1. The first kappa shape index (κ1) is 17.6. The number of hydrogen-bond acceptors (Lipinski definition) is 6. The maximum absolute atomic E-state index is 11.2. The summed E-state index contributed by atoms with van der Waals surface area (Å²) in [4.78, 5) is 20.2. The van der Waals surface area contributed by atoms with E-state index in [0.29, 0.717) is 6.07 Å². The topological polar surface area (TPSA) is 124 Å². The predicted molar refractivity (Wildman–Crippen MR) is 54.3 cm³/mol. The van der Waals surface area contributed by atoms with Crippen molar-refractivity contribution < 1.29 is 78.8 Å². The molecule has 0 aliphatic rings. The molecule has 0 aliphatic heterocycles. The molecule has 92 valence electrons. The Hall–Kier alpha value is -0.364. The predicted octanol–water partition coefficient (Wildman–Crippen LogP) is -2.37. The summed E-state index contributed by atoms with van der Waals surface area (Å²) >= 11 is 0. The van der Waals surface area contributed by atoms with Crippen LogP contribution in [0.3, 0.4) is 0 Å². The van der Waals surface area contributed by atoms with Gasteiger partial charge in [0.1, 0.15) is 10.5 Å². The number of methoxy groups -OCH3 is 1. The van der Waals surface area contributed by atoms with Gasteiger partial charge in [0, 0.05) is 6.07 Å². The average Bonchev–Trinajstić information content (AvgIpc) is 2.25. The molecule has 0 heterocycles. The number of ether oxygens (including phenoxy) is 1. The molecule has 8 nitrogen and oxygen atoms in total. The molecule has 0 bridgehead atoms. The number of nitro benzene ring substituents is 1. The summed E-state index contributed by atoms with van der Waals surface area (Å²) in [6, 6.07) is 2.35. The normalized spacial score (nSPS) is 10.3. The van der Waals surface area contributed by atoms with Gasteiger partial charge in [-0.15, -0.1) is 0 Å². The molecule has 1 rings (SSSR count). The van der Waals surface area contributed by atoms with Crippen molar-refractivity contribution in [3.63, 3.8) is 0 Å². The third kappa shape index (κ3) is 4.08. The van der Waals surface area contributed by atoms with Gasteiger partial charge in [0.15, 0.2) is 0 Å². The molecule has 0 aliphatic carbocycles. The molecular weight excluding hydrogens is 293 g/mol. The van der Waals surface area contributed by atoms with Gasteiger partial charge in [-0.2, -0.15) is 8.42 Å². The van der Waals surface area contributed by atoms with Crippen LogP contribution in [0.5, 0.6) is 0 Å². The Morgan fingerprint density at radius 3 is 2.39 bits per heavy atom. The van der Waals surface area contributed by atoms with Gasteiger partial charge in [-0.25, -0.2) is 4.79 Å². The Morgan fingerprint density at radius 1 is 1.44 bits per heavy atom. The number of nitrogens with zero attached hydrogens (tertiary/aromatic N) is 1. The number of carbonyl (C=O) groups excluding carboxylic acids is 1. The summed E-state index contributed by atoms with van der Waals surface area (Å²) in [5, 5.41) is 10.6. The maximum atomic E-state index is 11.2. The van der Waals surface area contributed by atoms with Crippen molar-refractivity contribution in [1.29, 1.82) is 0 Å². The van der Waals surface area contributed by atoms with E-state index in [4.69, 9.17) is 4.55 Å². The van der Waals surface area contributed by atoms with Crippen LogP contribution in [-0.4, -0.2) is 31.0 Å². The molecular formula is C8H7KNO7S+. The molecule has 0 unspecified atom stereocenters. The van der Waals surface area contributed by atoms with Crippen LogP contribution in [0, 0.1) is 10.1 Å². The molecule has 18 heavy (non-hydrogen) atoms. The monoisotopic (exact) mass is 300 g/mol. The molecule has 0 saturated carbocycles.